The summed E-state index contributed by atoms with van der Waals surface area (Å²) in [5, 5.41) is 12.6. The van der Waals surface area contributed by atoms with Crippen LogP contribution in [-0.2, 0) is 16.6 Å². The molecule has 0 aromatic heterocycles. The summed E-state index contributed by atoms with van der Waals surface area (Å²) < 4.78 is 27.5. The van der Waals surface area contributed by atoms with Crippen LogP contribution in [0.3, 0.4) is 0 Å². The molecule has 0 amide bonds. The number of rotatable bonds is 9. The van der Waals surface area contributed by atoms with Crippen LogP contribution in [0.1, 0.15) is 42.6 Å². The second kappa shape index (κ2) is 8.82. The molecule has 0 bridgehead atoms. The zero-order valence-electron chi connectivity index (χ0n) is 14.9. The molecule has 0 aliphatic carbocycles. The summed E-state index contributed by atoms with van der Waals surface area (Å²) in [6.07, 6.45) is 1.85. The van der Waals surface area contributed by atoms with Crippen molar-refractivity contribution in [1.82, 2.24) is 4.72 Å². The van der Waals surface area contributed by atoms with Crippen molar-refractivity contribution in [2.45, 2.75) is 44.2 Å². The van der Waals surface area contributed by atoms with Crippen molar-refractivity contribution in [2.75, 3.05) is 5.32 Å². The summed E-state index contributed by atoms with van der Waals surface area (Å²) in [4.78, 5) is 11.5. The van der Waals surface area contributed by atoms with E-state index >= 15 is 0 Å². The van der Waals surface area contributed by atoms with Gasteiger partial charge in [0.15, 0.2) is 0 Å². The lowest BCUT2D eigenvalue weighted by molar-refractivity contribution is 0.0697. The number of hydrogen-bond donors (Lipinski definition) is 3. The quantitative estimate of drug-likeness (QED) is 0.623. The number of aromatic carboxylic acids is 1. The van der Waals surface area contributed by atoms with Crippen LogP contribution in [0.15, 0.2) is 53.4 Å². The highest BCUT2D eigenvalue weighted by atomic mass is 32.2. The molecule has 0 aliphatic rings. The molecule has 140 valence electrons. The number of nitrogens with one attached hydrogen (secondary N) is 2. The predicted octanol–water partition coefficient (Wildman–Crippen LogP) is 3.46. The van der Waals surface area contributed by atoms with Crippen molar-refractivity contribution in [2.24, 2.45) is 0 Å². The van der Waals surface area contributed by atoms with Gasteiger partial charge in [-0.2, -0.15) is 0 Å². The van der Waals surface area contributed by atoms with E-state index in [-0.39, 0.29) is 23.0 Å². The van der Waals surface area contributed by atoms with E-state index in [0.717, 1.165) is 18.4 Å². The first kappa shape index (κ1) is 19.9. The molecule has 0 aliphatic heterocycles. The van der Waals surface area contributed by atoms with Gasteiger partial charge in [-0.05, 0) is 37.1 Å². The van der Waals surface area contributed by atoms with Crippen LogP contribution < -0.4 is 10.0 Å². The van der Waals surface area contributed by atoms with Gasteiger partial charge >= 0.3 is 5.97 Å². The van der Waals surface area contributed by atoms with Crippen molar-refractivity contribution in [3.8, 4) is 0 Å². The number of sulfonamides is 1. The summed E-state index contributed by atoms with van der Waals surface area (Å²) in [5.74, 6) is -1.17. The molecule has 0 saturated carbocycles. The highest BCUT2D eigenvalue weighted by Gasteiger charge is 2.19. The highest BCUT2D eigenvalue weighted by Crippen LogP contribution is 2.22. The maximum Gasteiger partial charge on any atom is 0.337 e. The molecule has 0 fully saturated rings. The van der Waals surface area contributed by atoms with Crippen LogP contribution in [0, 0.1) is 0 Å². The molecular formula is C19H24N2O4S. The van der Waals surface area contributed by atoms with E-state index in [1.807, 2.05) is 44.2 Å². The summed E-state index contributed by atoms with van der Waals surface area (Å²) >= 11 is 0. The average Bonchev–Trinajstić information content (AvgIpc) is 2.61. The van der Waals surface area contributed by atoms with E-state index < -0.39 is 16.0 Å². The van der Waals surface area contributed by atoms with Gasteiger partial charge in [0.05, 0.1) is 10.5 Å². The number of benzene rings is 2. The normalized spacial score (nSPS) is 12.5. The monoisotopic (exact) mass is 376 g/mol. The molecule has 7 heteroatoms. The number of anilines is 1. The van der Waals surface area contributed by atoms with E-state index in [1.165, 1.54) is 18.2 Å². The third kappa shape index (κ3) is 5.31. The number of carboxylic acid groups (broad SMARTS) is 1. The molecule has 0 unspecified atom stereocenters. The minimum atomic E-state index is -3.81. The first-order valence-electron chi connectivity index (χ1n) is 8.51. The highest BCUT2D eigenvalue weighted by molar-refractivity contribution is 7.89. The standard InChI is InChI=1S/C19H24N2O4S/c1-3-7-14(2)21-18-11-10-16(12-17(18)19(22)23)26(24,25)20-13-15-8-5-4-6-9-15/h4-6,8-12,14,20-21H,3,7,13H2,1-2H3,(H,22,23)/t14-/m0/s1. The van der Waals surface area contributed by atoms with E-state index in [1.54, 1.807) is 0 Å². The Morgan fingerprint density at radius 1 is 1.15 bits per heavy atom. The molecule has 2 aromatic carbocycles. The molecule has 3 N–H and O–H groups in total. The fourth-order valence-electron chi connectivity index (χ4n) is 2.62. The lowest BCUT2D eigenvalue weighted by Crippen LogP contribution is -2.24. The Bertz CT molecular complexity index is 851. The van der Waals surface area contributed by atoms with E-state index in [4.69, 9.17) is 0 Å². The van der Waals surface area contributed by atoms with Gasteiger partial charge in [-0.1, -0.05) is 43.7 Å². The molecule has 0 saturated heterocycles. The summed E-state index contributed by atoms with van der Waals surface area (Å²) in [6, 6.07) is 13.3. The van der Waals surface area contributed by atoms with Gasteiger partial charge in [0, 0.05) is 18.3 Å². The van der Waals surface area contributed by atoms with Crippen LogP contribution in [0.5, 0.6) is 0 Å². The van der Waals surface area contributed by atoms with Gasteiger partial charge in [-0.15, -0.1) is 0 Å². The zero-order chi connectivity index (χ0) is 19.2. The van der Waals surface area contributed by atoms with E-state index in [2.05, 4.69) is 10.0 Å². The Labute approximate surface area is 154 Å². The molecule has 26 heavy (non-hydrogen) atoms. The van der Waals surface area contributed by atoms with Gasteiger partial charge in [-0.25, -0.2) is 17.9 Å². The topological polar surface area (TPSA) is 95.5 Å². The largest absolute Gasteiger partial charge is 0.478 e. The molecule has 0 heterocycles. The zero-order valence-corrected chi connectivity index (χ0v) is 15.7. The van der Waals surface area contributed by atoms with Gasteiger partial charge in [-0.3, -0.25) is 0 Å². The van der Waals surface area contributed by atoms with Crippen LogP contribution in [0.4, 0.5) is 5.69 Å². The Morgan fingerprint density at radius 2 is 1.85 bits per heavy atom. The summed E-state index contributed by atoms with van der Waals surface area (Å²) in [5.41, 5.74) is 1.18. The summed E-state index contributed by atoms with van der Waals surface area (Å²) in [6.45, 7) is 4.14. The lowest BCUT2D eigenvalue weighted by Gasteiger charge is -2.17. The second-order valence-electron chi connectivity index (χ2n) is 6.16. The summed E-state index contributed by atoms with van der Waals surface area (Å²) in [7, 11) is -3.81. The smallest absolute Gasteiger partial charge is 0.337 e. The van der Waals surface area contributed by atoms with Crippen LogP contribution >= 0.6 is 0 Å². The molecule has 6 nitrogen and oxygen atoms in total. The third-order valence-corrected chi connectivity index (χ3v) is 5.36. The van der Waals surface area contributed by atoms with Crippen molar-refractivity contribution in [1.29, 1.82) is 0 Å². The Hall–Kier alpha value is -2.38. The first-order chi connectivity index (χ1) is 12.3. The minimum Gasteiger partial charge on any atom is -0.478 e. The molecule has 2 aromatic rings. The Morgan fingerprint density at radius 3 is 2.46 bits per heavy atom. The van der Waals surface area contributed by atoms with Gasteiger partial charge in [0.25, 0.3) is 0 Å². The molecule has 1 atom stereocenters. The fraction of sp³-hybridized carbons (Fsp3) is 0.316. The first-order valence-corrected chi connectivity index (χ1v) is 9.99. The molecule has 0 spiro atoms. The number of carboxylic acids is 1. The number of carbonyl (C=O) groups is 1. The SMILES string of the molecule is CCC[C@H](C)Nc1ccc(S(=O)(=O)NCc2ccccc2)cc1C(=O)O. The van der Waals surface area contributed by atoms with Crippen LogP contribution in [-0.4, -0.2) is 25.5 Å². The van der Waals surface area contributed by atoms with Gasteiger partial charge in [0.2, 0.25) is 10.0 Å². The second-order valence-corrected chi connectivity index (χ2v) is 7.92. The minimum absolute atomic E-state index is 0.0597. The van der Waals surface area contributed by atoms with E-state index in [0.29, 0.717) is 5.69 Å². The molecule has 2 rings (SSSR count). The van der Waals surface area contributed by atoms with Crippen molar-refractivity contribution in [3.05, 3.63) is 59.7 Å². The Balaban J connectivity index is 2.23. The van der Waals surface area contributed by atoms with Crippen LogP contribution in [0.2, 0.25) is 0 Å². The lowest BCUT2D eigenvalue weighted by atomic mass is 10.1. The van der Waals surface area contributed by atoms with Crippen molar-refractivity contribution >= 4 is 21.7 Å². The van der Waals surface area contributed by atoms with E-state index in [9.17, 15) is 18.3 Å². The average molecular weight is 376 g/mol. The fourth-order valence-corrected chi connectivity index (χ4v) is 3.67. The maximum absolute atomic E-state index is 12.5. The molecular weight excluding hydrogens is 352 g/mol. The molecule has 0 radical (unpaired) electrons. The van der Waals surface area contributed by atoms with Crippen molar-refractivity contribution in [3.63, 3.8) is 0 Å². The predicted molar refractivity (Wildman–Crippen MR) is 102 cm³/mol. The number of hydrogen-bond acceptors (Lipinski definition) is 4. The van der Waals surface area contributed by atoms with Crippen molar-refractivity contribution < 1.29 is 18.3 Å². The van der Waals surface area contributed by atoms with Gasteiger partial charge < -0.3 is 10.4 Å². The van der Waals surface area contributed by atoms with Gasteiger partial charge in [0.1, 0.15) is 0 Å². The Kier molecular flexibility index (Phi) is 6.76. The van der Waals surface area contributed by atoms with Crippen LogP contribution in [0.25, 0.3) is 0 Å². The maximum atomic E-state index is 12.5. The third-order valence-electron chi connectivity index (χ3n) is 3.96.